The van der Waals surface area contributed by atoms with Crippen LogP contribution in [0.15, 0.2) is 46.5 Å². The van der Waals surface area contributed by atoms with Crippen LogP contribution in [-0.4, -0.2) is 29.1 Å². The first-order valence-corrected chi connectivity index (χ1v) is 10.6. The SMILES string of the molecule is Cc1nc2c(n1CCc1cnc[nH]1)C=Cc1cc(Cl)ccc1C2c1cn(C)c(=O)[nH]c1=O. The summed E-state index contributed by atoms with van der Waals surface area (Å²) in [5, 5.41) is 0.611. The van der Waals surface area contributed by atoms with E-state index in [0.29, 0.717) is 17.1 Å². The standard InChI is InChI=1S/C23H21ClN6O2/c1-13-27-21-19(30(13)8-7-16-10-25-12-26-16)6-3-14-9-15(24)4-5-17(14)20(21)18-11-29(2)23(32)28-22(18)31/h3-6,9-12,20H,7-8H2,1-2H3,(H,25,26)(H,28,31,32). The molecule has 0 spiro atoms. The molecule has 1 atom stereocenters. The highest BCUT2D eigenvalue weighted by atomic mass is 35.5. The number of aromatic nitrogens is 6. The number of fused-ring (bicyclic) bond motifs is 2. The first kappa shape index (κ1) is 20.3. The van der Waals surface area contributed by atoms with Crippen LogP contribution in [0, 0.1) is 6.92 Å². The van der Waals surface area contributed by atoms with Crippen LogP contribution >= 0.6 is 11.6 Å². The van der Waals surface area contributed by atoms with E-state index in [9.17, 15) is 9.59 Å². The second-order valence-electron chi connectivity index (χ2n) is 7.90. The fraction of sp³-hybridized carbons (Fsp3) is 0.217. The van der Waals surface area contributed by atoms with Gasteiger partial charge in [-0.1, -0.05) is 23.7 Å². The number of benzene rings is 1. The van der Waals surface area contributed by atoms with E-state index in [1.807, 2.05) is 43.5 Å². The molecule has 9 heteroatoms. The van der Waals surface area contributed by atoms with E-state index in [1.165, 1.54) is 4.57 Å². The highest BCUT2D eigenvalue weighted by molar-refractivity contribution is 6.30. The van der Waals surface area contributed by atoms with Crippen LogP contribution in [0.4, 0.5) is 0 Å². The molecule has 0 amide bonds. The fourth-order valence-electron chi connectivity index (χ4n) is 4.30. The topological polar surface area (TPSA) is 101 Å². The molecule has 3 aromatic heterocycles. The summed E-state index contributed by atoms with van der Waals surface area (Å²) in [5.41, 5.74) is 4.13. The Kier molecular flexibility index (Phi) is 4.94. The van der Waals surface area contributed by atoms with Crippen LogP contribution in [0.5, 0.6) is 0 Å². The highest BCUT2D eigenvalue weighted by Crippen LogP contribution is 2.38. The Hall–Kier alpha value is -3.65. The molecule has 162 valence electrons. The predicted molar refractivity (Wildman–Crippen MR) is 123 cm³/mol. The third-order valence-corrected chi connectivity index (χ3v) is 6.12. The first-order chi connectivity index (χ1) is 15.4. The number of hydrogen-bond donors (Lipinski definition) is 2. The lowest BCUT2D eigenvalue weighted by Gasteiger charge is -2.18. The number of nitrogens with zero attached hydrogens (tertiary/aromatic N) is 4. The molecule has 32 heavy (non-hydrogen) atoms. The smallest absolute Gasteiger partial charge is 0.328 e. The molecule has 0 fully saturated rings. The Morgan fingerprint density at radius 1 is 1.19 bits per heavy atom. The summed E-state index contributed by atoms with van der Waals surface area (Å²) in [6.07, 6.45) is 9.86. The summed E-state index contributed by atoms with van der Waals surface area (Å²) >= 11 is 6.27. The minimum absolute atomic E-state index is 0.420. The molecule has 1 aliphatic carbocycles. The van der Waals surface area contributed by atoms with Gasteiger partial charge >= 0.3 is 5.69 Å². The normalized spacial score (nSPS) is 14.8. The lowest BCUT2D eigenvalue weighted by Crippen LogP contribution is -2.32. The Morgan fingerprint density at radius 3 is 2.81 bits per heavy atom. The van der Waals surface area contributed by atoms with Crippen molar-refractivity contribution in [3.8, 4) is 0 Å². The summed E-state index contributed by atoms with van der Waals surface area (Å²) < 4.78 is 3.52. The van der Waals surface area contributed by atoms with E-state index >= 15 is 0 Å². The van der Waals surface area contributed by atoms with Crippen LogP contribution in [0.25, 0.3) is 12.2 Å². The molecule has 0 bridgehead atoms. The lowest BCUT2D eigenvalue weighted by atomic mass is 9.87. The van der Waals surface area contributed by atoms with Crippen molar-refractivity contribution in [1.29, 1.82) is 0 Å². The molecule has 0 radical (unpaired) electrons. The summed E-state index contributed by atoms with van der Waals surface area (Å²) in [4.78, 5) is 39.4. The van der Waals surface area contributed by atoms with Crippen molar-refractivity contribution in [2.75, 3.05) is 0 Å². The maximum atomic E-state index is 12.9. The average molecular weight is 449 g/mol. The summed E-state index contributed by atoms with van der Waals surface area (Å²) in [5.74, 6) is 0.401. The number of nitrogens with one attached hydrogen (secondary N) is 2. The van der Waals surface area contributed by atoms with E-state index < -0.39 is 17.2 Å². The molecule has 0 saturated carbocycles. The second kappa shape index (κ2) is 7.80. The Morgan fingerprint density at radius 2 is 2.03 bits per heavy atom. The summed E-state index contributed by atoms with van der Waals surface area (Å²) in [6.45, 7) is 2.66. The Balaban J connectivity index is 1.71. The van der Waals surface area contributed by atoms with Crippen LogP contribution in [-0.2, 0) is 20.0 Å². The largest absolute Gasteiger partial charge is 0.348 e. The summed E-state index contributed by atoms with van der Waals surface area (Å²) in [7, 11) is 1.62. The van der Waals surface area contributed by atoms with Crippen molar-refractivity contribution >= 4 is 23.8 Å². The molecule has 3 heterocycles. The molecule has 0 aliphatic heterocycles. The minimum atomic E-state index is -0.455. The summed E-state index contributed by atoms with van der Waals surface area (Å²) in [6, 6.07) is 5.61. The molecule has 8 nitrogen and oxygen atoms in total. The third-order valence-electron chi connectivity index (χ3n) is 5.89. The third kappa shape index (κ3) is 3.42. The van der Waals surface area contributed by atoms with Crippen molar-refractivity contribution in [2.45, 2.75) is 25.8 Å². The average Bonchev–Trinajstić information content (AvgIpc) is 3.34. The second-order valence-corrected chi connectivity index (χ2v) is 8.34. The number of rotatable bonds is 4. The molecule has 0 saturated heterocycles. The molecular weight excluding hydrogens is 428 g/mol. The first-order valence-electron chi connectivity index (χ1n) is 10.2. The fourth-order valence-corrected chi connectivity index (χ4v) is 4.48. The molecule has 1 aromatic carbocycles. The van der Waals surface area contributed by atoms with E-state index in [1.54, 1.807) is 19.6 Å². The predicted octanol–water partition coefficient (Wildman–Crippen LogP) is 2.86. The van der Waals surface area contributed by atoms with E-state index in [2.05, 4.69) is 19.5 Å². The molecule has 5 rings (SSSR count). The van der Waals surface area contributed by atoms with Crippen LogP contribution in [0.1, 0.15) is 45.5 Å². The van der Waals surface area contributed by atoms with Crippen LogP contribution in [0.3, 0.4) is 0 Å². The Bertz CT molecular complexity index is 1460. The zero-order chi connectivity index (χ0) is 22.4. The van der Waals surface area contributed by atoms with Crippen molar-refractivity contribution in [1.82, 2.24) is 29.1 Å². The lowest BCUT2D eigenvalue weighted by molar-refractivity contribution is 0.660. The maximum absolute atomic E-state index is 12.9. The number of halogens is 1. The van der Waals surface area contributed by atoms with Crippen molar-refractivity contribution in [3.63, 3.8) is 0 Å². The van der Waals surface area contributed by atoms with Gasteiger partial charge in [-0.2, -0.15) is 0 Å². The number of hydrogen-bond acceptors (Lipinski definition) is 4. The van der Waals surface area contributed by atoms with Gasteiger partial charge < -0.3 is 14.1 Å². The van der Waals surface area contributed by atoms with Crippen molar-refractivity contribution < 1.29 is 0 Å². The quantitative estimate of drug-likeness (QED) is 0.441. The van der Waals surface area contributed by atoms with Gasteiger partial charge in [0.05, 0.1) is 23.6 Å². The van der Waals surface area contributed by atoms with Gasteiger partial charge in [0.2, 0.25) is 0 Å². The van der Waals surface area contributed by atoms with Gasteiger partial charge in [-0.3, -0.25) is 9.78 Å². The van der Waals surface area contributed by atoms with Crippen LogP contribution < -0.4 is 11.2 Å². The zero-order valence-electron chi connectivity index (χ0n) is 17.6. The number of aromatic amines is 2. The molecule has 1 aliphatic rings. The molecular formula is C23H21ClN6O2. The monoisotopic (exact) mass is 448 g/mol. The minimum Gasteiger partial charge on any atom is -0.348 e. The van der Waals surface area contributed by atoms with Crippen molar-refractivity contribution in [3.05, 3.63) is 102 Å². The zero-order valence-corrected chi connectivity index (χ0v) is 18.3. The van der Waals surface area contributed by atoms with Gasteiger partial charge in [0.1, 0.15) is 5.82 Å². The van der Waals surface area contributed by atoms with Gasteiger partial charge in [0.15, 0.2) is 0 Å². The molecule has 1 unspecified atom stereocenters. The van der Waals surface area contributed by atoms with Crippen LogP contribution in [0.2, 0.25) is 5.02 Å². The van der Waals surface area contributed by atoms with Gasteiger partial charge in [-0.15, -0.1) is 0 Å². The van der Waals surface area contributed by atoms with E-state index in [0.717, 1.165) is 40.5 Å². The van der Waals surface area contributed by atoms with Gasteiger partial charge in [-0.25, -0.2) is 14.8 Å². The van der Waals surface area contributed by atoms with Crippen molar-refractivity contribution in [2.24, 2.45) is 7.05 Å². The molecule has 4 aromatic rings. The van der Waals surface area contributed by atoms with E-state index in [4.69, 9.17) is 16.6 Å². The number of H-pyrrole nitrogens is 2. The van der Waals surface area contributed by atoms with Gasteiger partial charge in [0, 0.05) is 48.7 Å². The maximum Gasteiger partial charge on any atom is 0.328 e. The van der Waals surface area contributed by atoms with E-state index in [-0.39, 0.29) is 0 Å². The van der Waals surface area contributed by atoms with Gasteiger partial charge in [-0.05, 0) is 36.3 Å². The highest BCUT2D eigenvalue weighted by Gasteiger charge is 2.30. The van der Waals surface area contributed by atoms with Gasteiger partial charge in [0.25, 0.3) is 5.56 Å². The number of imidazole rings is 2. The Labute approximate surface area is 188 Å². The molecule has 2 N–H and O–H groups in total. The number of aryl methyl sites for hydroxylation is 3.